The molecular formula is C20H22N4O3S. The zero-order valence-corrected chi connectivity index (χ0v) is 16.5. The van der Waals surface area contributed by atoms with Crippen molar-refractivity contribution in [3.05, 3.63) is 51.9 Å². The van der Waals surface area contributed by atoms with Gasteiger partial charge in [-0.25, -0.2) is 4.98 Å². The van der Waals surface area contributed by atoms with Crippen LogP contribution in [-0.2, 0) is 22.5 Å². The molecule has 4 rings (SSSR count). The van der Waals surface area contributed by atoms with Gasteiger partial charge < -0.3 is 15.0 Å². The van der Waals surface area contributed by atoms with E-state index in [1.807, 2.05) is 37.3 Å². The van der Waals surface area contributed by atoms with E-state index < -0.39 is 0 Å². The van der Waals surface area contributed by atoms with Gasteiger partial charge in [0, 0.05) is 29.3 Å². The molecule has 0 spiro atoms. The maximum atomic E-state index is 12.6. The molecule has 8 heteroatoms. The number of nitrogens with zero attached hydrogens (tertiary/aromatic N) is 3. The van der Waals surface area contributed by atoms with Gasteiger partial charge in [-0.15, -0.1) is 11.3 Å². The predicted octanol–water partition coefficient (Wildman–Crippen LogP) is 2.50. The van der Waals surface area contributed by atoms with Crippen LogP contribution in [0.5, 0.6) is 0 Å². The highest BCUT2D eigenvalue weighted by molar-refractivity contribution is 7.18. The third-order valence-corrected chi connectivity index (χ3v) is 5.95. The number of ether oxygens (including phenoxy) is 1. The molecule has 3 aromatic rings. The molecule has 0 aliphatic carbocycles. The lowest BCUT2D eigenvalue weighted by atomic mass is 10.2. The number of benzene rings is 1. The number of morpholine rings is 1. The second kappa shape index (κ2) is 8.12. The number of carbonyl (C=O) groups is 1. The van der Waals surface area contributed by atoms with E-state index in [0.29, 0.717) is 11.1 Å². The Morgan fingerprint density at radius 1 is 1.25 bits per heavy atom. The molecule has 146 valence electrons. The highest BCUT2D eigenvalue weighted by Gasteiger charge is 2.13. The van der Waals surface area contributed by atoms with Crippen molar-refractivity contribution in [1.29, 1.82) is 0 Å². The second-order valence-electron chi connectivity index (χ2n) is 6.66. The first kappa shape index (κ1) is 18.6. The highest BCUT2D eigenvalue weighted by atomic mass is 32.1. The molecule has 1 fully saturated rings. The number of rotatable bonds is 5. The summed E-state index contributed by atoms with van der Waals surface area (Å²) in [4.78, 5) is 33.4. The van der Waals surface area contributed by atoms with E-state index in [-0.39, 0.29) is 18.0 Å². The highest BCUT2D eigenvalue weighted by Crippen LogP contribution is 2.21. The minimum atomic E-state index is -0.256. The van der Waals surface area contributed by atoms with Crippen molar-refractivity contribution < 1.29 is 9.53 Å². The zero-order valence-electron chi connectivity index (χ0n) is 15.7. The van der Waals surface area contributed by atoms with Crippen LogP contribution in [0.25, 0.3) is 10.2 Å². The lowest BCUT2D eigenvalue weighted by Crippen LogP contribution is -2.36. The fourth-order valence-corrected chi connectivity index (χ4v) is 4.15. The van der Waals surface area contributed by atoms with Crippen LogP contribution < -0.4 is 15.8 Å². The Bertz CT molecular complexity index is 1040. The predicted molar refractivity (Wildman–Crippen MR) is 111 cm³/mol. The number of amides is 1. The van der Waals surface area contributed by atoms with E-state index in [1.54, 1.807) is 0 Å². The van der Waals surface area contributed by atoms with Gasteiger partial charge in [-0.2, -0.15) is 0 Å². The molecule has 28 heavy (non-hydrogen) atoms. The van der Waals surface area contributed by atoms with Crippen LogP contribution in [0.4, 0.5) is 11.4 Å². The van der Waals surface area contributed by atoms with Gasteiger partial charge in [-0.3, -0.25) is 14.2 Å². The van der Waals surface area contributed by atoms with Crippen LogP contribution in [0.3, 0.4) is 0 Å². The molecule has 0 radical (unpaired) electrons. The van der Waals surface area contributed by atoms with E-state index in [1.165, 1.54) is 22.2 Å². The maximum absolute atomic E-state index is 12.6. The molecular weight excluding hydrogens is 376 g/mol. The van der Waals surface area contributed by atoms with Crippen molar-refractivity contribution in [2.75, 3.05) is 36.5 Å². The van der Waals surface area contributed by atoms with Crippen LogP contribution >= 0.6 is 11.3 Å². The monoisotopic (exact) mass is 398 g/mol. The Kier molecular flexibility index (Phi) is 5.40. The first-order valence-corrected chi connectivity index (χ1v) is 10.2. The SMILES string of the molecule is CCc1cc2c(=O)n(CC(=O)Nc3ccc(N4CCOCC4)cc3)cnc2s1. The third kappa shape index (κ3) is 3.93. The number of hydrogen-bond acceptors (Lipinski definition) is 6. The Hall–Kier alpha value is -2.71. The summed E-state index contributed by atoms with van der Waals surface area (Å²) in [6, 6.07) is 9.59. The van der Waals surface area contributed by atoms with Crippen LogP contribution in [-0.4, -0.2) is 41.8 Å². The second-order valence-corrected chi connectivity index (χ2v) is 7.77. The fourth-order valence-electron chi connectivity index (χ4n) is 3.23. The summed E-state index contributed by atoms with van der Waals surface area (Å²) in [6.45, 7) is 5.18. The molecule has 0 saturated carbocycles. The summed E-state index contributed by atoms with van der Waals surface area (Å²) in [7, 11) is 0. The van der Waals surface area contributed by atoms with Crippen LogP contribution in [0.2, 0.25) is 0 Å². The number of aryl methyl sites for hydroxylation is 1. The fraction of sp³-hybridized carbons (Fsp3) is 0.350. The first-order valence-electron chi connectivity index (χ1n) is 9.34. The van der Waals surface area contributed by atoms with Gasteiger partial charge in [0.05, 0.1) is 24.9 Å². The standard InChI is InChI=1S/C20H22N4O3S/c1-2-16-11-17-19(28-16)21-13-24(20(17)26)12-18(25)22-14-3-5-15(6-4-14)23-7-9-27-10-8-23/h3-6,11,13H,2,7-10,12H2,1H3,(H,22,25). The molecule has 1 N–H and O–H groups in total. The summed E-state index contributed by atoms with van der Waals surface area (Å²) in [5.41, 5.74) is 1.63. The normalized spacial score (nSPS) is 14.4. The number of aromatic nitrogens is 2. The average molecular weight is 398 g/mol. The Morgan fingerprint density at radius 2 is 2.00 bits per heavy atom. The quantitative estimate of drug-likeness (QED) is 0.715. The minimum absolute atomic E-state index is 0.0652. The molecule has 1 aromatic carbocycles. The average Bonchev–Trinajstić information content (AvgIpc) is 3.16. The molecule has 1 saturated heterocycles. The Morgan fingerprint density at radius 3 is 2.71 bits per heavy atom. The Labute approximate surface area is 166 Å². The van der Waals surface area contributed by atoms with Gasteiger partial charge in [0.1, 0.15) is 11.4 Å². The zero-order chi connectivity index (χ0) is 19.5. The minimum Gasteiger partial charge on any atom is -0.378 e. The summed E-state index contributed by atoms with van der Waals surface area (Å²) in [5.74, 6) is -0.256. The summed E-state index contributed by atoms with van der Waals surface area (Å²) >= 11 is 1.52. The first-order chi connectivity index (χ1) is 13.6. The van der Waals surface area contributed by atoms with Crippen molar-refractivity contribution in [3.8, 4) is 0 Å². The van der Waals surface area contributed by atoms with Crippen molar-refractivity contribution in [3.63, 3.8) is 0 Å². The molecule has 3 heterocycles. The number of fused-ring (bicyclic) bond motifs is 1. The van der Waals surface area contributed by atoms with Gasteiger partial charge >= 0.3 is 0 Å². The topological polar surface area (TPSA) is 76.5 Å². The van der Waals surface area contributed by atoms with Crippen molar-refractivity contribution in [2.24, 2.45) is 0 Å². The molecule has 7 nitrogen and oxygen atoms in total. The van der Waals surface area contributed by atoms with Crippen LogP contribution in [0, 0.1) is 0 Å². The molecule has 1 aliphatic rings. The third-order valence-electron chi connectivity index (χ3n) is 4.76. The molecule has 0 bridgehead atoms. The Balaban J connectivity index is 1.43. The summed E-state index contributed by atoms with van der Waals surface area (Å²) in [6.07, 6.45) is 2.31. The van der Waals surface area contributed by atoms with Crippen LogP contribution in [0.15, 0.2) is 41.5 Å². The smallest absolute Gasteiger partial charge is 0.262 e. The number of thiophene rings is 1. The van der Waals surface area contributed by atoms with Gasteiger partial charge in [0.2, 0.25) is 5.91 Å². The lowest BCUT2D eigenvalue weighted by Gasteiger charge is -2.28. The molecule has 0 unspecified atom stereocenters. The molecule has 1 aliphatic heterocycles. The maximum Gasteiger partial charge on any atom is 0.262 e. The number of anilines is 2. The van der Waals surface area contributed by atoms with Gasteiger partial charge in [-0.1, -0.05) is 6.92 Å². The van der Waals surface area contributed by atoms with E-state index in [2.05, 4.69) is 15.2 Å². The van der Waals surface area contributed by atoms with Gasteiger partial charge in [-0.05, 0) is 36.8 Å². The van der Waals surface area contributed by atoms with Gasteiger partial charge in [0.25, 0.3) is 5.56 Å². The number of nitrogens with one attached hydrogen (secondary N) is 1. The molecule has 2 aromatic heterocycles. The van der Waals surface area contributed by atoms with E-state index in [4.69, 9.17) is 4.74 Å². The van der Waals surface area contributed by atoms with E-state index >= 15 is 0 Å². The molecule has 1 amide bonds. The summed E-state index contributed by atoms with van der Waals surface area (Å²) < 4.78 is 6.72. The number of carbonyl (C=O) groups excluding carboxylic acids is 1. The van der Waals surface area contributed by atoms with Crippen molar-refractivity contribution in [1.82, 2.24) is 9.55 Å². The lowest BCUT2D eigenvalue weighted by molar-refractivity contribution is -0.116. The van der Waals surface area contributed by atoms with Crippen LogP contribution in [0.1, 0.15) is 11.8 Å². The van der Waals surface area contributed by atoms with E-state index in [9.17, 15) is 9.59 Å². The largest absolute Gasteiger partial charge is 0.378 e. The molecule has 0 atom stereocenters. The van der Waals surface area contributed by atoms with Gasteiger partial charge in [0.15, 0.2) is 0 Å². The number of hydrogen-bond donors (Lipinski definition) is 1. The van der Waals surface area contributed by atoms with Crippen molar-refractivity contribution in [2.45, 2.75) is 19.9 Å². The van der Waals surface area contributed by atoms with E-state index in [0.717, 1.165) is 48.1 Å². The summed E-state index contributed by atoms with van der Waals surface area (Å²) in [5, 5.41) is 3.42. The van der Waals surface area contributed by atoms with Crippen molar-refractivity contribution >= 4 is 38.8 Å².